The molecule has 0 bridgehead atoms. The number of rotatable bonds is 7. The van der Waals surface area contributed by atoms with Crippen LogP contribution in [0.3, 0.4) is 0 Å². The topological polar surface area (TPSA) is 75.4 Å². The molecule has 0 spiro atoms. The van der Waals surface area contributed by atoms with Gasteiger partial charge in [0.1, 0.15) is 6.04 Å². The summed E-state index contributed by atoms with van der Waals surface area (Å²) in [5.74, 6) is -1.32. The van der Waals surface area contributed by atoms with E-state index in [0.29, 0.717) is 6.54 Å². The number of carboxylic acid groups (broad SMARTS) is 1. The maximum absolute atomic E-state index is 13.1. The minimum Gasteiger partial charge on any atom is -0.480 e. The van der Waals surface area contributed by atoms with Gasteiger partial charge in [-0.15, -0.1) is 0 Å². The summed E-state index contributed by atoms with van der Waals surface area (Å²) in [5, 5.41) is 9.32. The highest BCUT2D eigenvalue weighted by molar-refractivity contribution is 5.71. The Kier molecular flexibility index (Phi) is 6.53. The molecule has 1 N–H and O–H groups in total. The van der Waals surface area contributed by atoms with Crippen LogP contribution in [0.4, 0.5) is 13.2 Å². The SMILES string of the molecule is CC(C)C[C@@H](C(=O)O)n1cc(CCN(C)C)c(C(F)(F)F)nc1=O. The number of carbonyl (C=O) groups is 1. The maximum atomic E-state index is 13.1. The van der Waals surface area contributed by atoms with Crippen molar-refractivity contribution in [2.24, 2.45) is 5.92 Å². The van der Waals surface area contributed by atoms with E-state index in [1.807, 2.05) is 0 Å². The number of aromatic nitrogens is 2. The molecule has 0 saturated carbocycles. The summed E-state index contributed by atoms with van der Waals surface area (Å²) < 4.78 is 40.1. The zero-order valence-corrected chi connectivity index (χ0v) is 14.1. The number of hydrogen-bond acceptors (Lipinski definition) is 4. The summed E-state index contributed by atoms with van der Waals surface area (Å²) in [6.07, 6.45) is -3.65. The van der Waals surface area contributed by atoms with Crippen LogP contribution in [0.2, 0.25) is 0 Å². The molecule has 0 fully saturated rings. The molecular weight excluding hydrogens is 327 g/mol. The Balaban J connectivity index is 3.44. The van der Waals surface area contributed by atoms with Crippen molar-refractivity contribution in [3.05, 3.63) is 27.9 Å². The summed E-state index contributed by atoms with van der Waals surface area (Å²) >= 11 is 0. The molecule has 1 aromatic rings. The van der Waals surface area contributed by atoms with Gasteiger partial charge in [-0.2, -0.15) is 18.2 Å². The lowest BCUT2D eigenvalue weighted by atomic mass is 10.0. The monoisotopic (exact) mass is 349 g/mol. The summed E-state index contributed by atoms with van der Waals surface area (Å²) in [6, 6.07) is -1.25. The Morgan fingerprint density at radius 1 is 1.38 bits per heavy atom. The number of carboxylic acids is 1. The van der Waals surface area contributed by atoms with Gasteiger partial charge in [-0.1, -0.05) is 13.8 Å². The van der Waals surface area contributed by atoms with E-state index >= 15 is 0 Å². The van der Waals surface area contributed by atoms with E-state index in [2.05, 4.69) is 4.98 Å². The number of alkyl halides is 3. The smallest absolute Gasteiger partial charge is 0.433 e. The Labute approximate surface area is 137 Å². The molecule has 0 radical (unpaired) electrons. The van der Waals surface area contributed by atoms with Crippen molar-refractivity contribution in [1.29, 1.82) is 0 Å². The van der Waals surface area contributed by atoms with E-state index in [1.165, 1.54) is 0 Å². The van der Waals surface area contributed by atoms with Crippen LogP contribution in [0.15, 0.2) is 11.0 Å². The fraction of sp³-hybridized carbons (Fsp3) is 0.667. The average Bonchev–Trinajstić information content (AvgIpc) is 2.41. The van der Waals surface area contributed by atoms with E-state index in [0.717, 1.165) is 10.8 Å². The van der Waals surface area contributed by atoms with Gasteiger partial charge >= 0.3 is 17.8 Å². The number of aliphatic carboxylic acids is 1. The zero-order chi connectivity index (χ0) is 18.7. The number of nitrogens with zero attached hydrogens (tertiary/aromatic N) is 3. The second-order valence-corrected chi connectivity index (χ2v) is 6.34. The number of hydrogen-bond donors (Lipinski definition) is 1. The first-order chi connectivity index (χ1) is 10.9. The molecule has 24 heavy (non-hydrogen) atoms. The summed E-state index contributed by atoms with van der Waals surface area (Å²) in [6.45, 7) is 3.85. The van der Waals surface area contributed by atoms with E-state index in [4.69, 9.17) is 0 Å². The van der Waals surface area contributed by atoms with Crippen LogP contribution in [0, 0.1) is 5.92 Å². The lowest BCUT2D eigenvalue weighted by molar-refractivity contribution is -0.142. The molecule has 0 aliphatic rings. The van der Waals surface area contributed by atoms with Gasteiger partial charge in [-0.25, -0.2) is 9.59 Å². The largest absolute Gasteiger partial charge is 0.480 e. The molecule has 1 aromatic heterocycles. The molecule has 9 heteroatoms. The first-order valence-electron chi connectivity index (χ1n) is 7.50. The van der Waals surface area contributed by atoms with Crippen LogP contribution in [0.25, 0.3) is 0 Å². The van der Waals surface area contributed by atoms with Crippen molar-refractivity contribution in [2.45, 2.75) is 38.9 Å². The molecule has 0 aliphatic heterocycles. The van der Waals surface area contributed by atoms with Crippen molar-refractivity contribution < 1.29 is 23.1 Å². The average molecular weight is 349 g/mol. The molecule has 1 rings (SSSR count). The van der Waals surface area contributed by atoms with Gasteiger partial charge < -0.3 is 10.0 Å². The van der Waals surface area contributed by atoms with Crippen LogP contribution in [0.1, 0.15) is 37.6 Å². The van der Waals surface area contributed by atoms with Crippen LogP contribution in [-0.2, 0) is 17.4 Å². The minimum atomic E-state index is -4.77. The molecule has 1 atom stereocenters. The maximum Gasteiger partial charge on any atom is 0.433 e. The quantitative estimate of drug-likeness (QED) is 0.815. The van der Waals surface area contributed by atoms with Crippen molar-refractivity contribution in [1.82, 2.24) is 14.5 Å². The fourth-order valence-electron chi connectivity index (χ4n) is 2.29. The first-order valence-corrected chi connectivity index (χ1v) is 7.50. The lowest BCUT2D eigenvalue weighted by Crippen LogP contribution is -2.35. The summed E-state index contributed by atoms with van der Waals surface area (Å²) in [5.41, 5.74) is -2.64. The van der Waals surface area contributed by atoms with Crippen molar-refractivity contribution in [2.75, 3.05) is 20.6 Å². The zero-order valence-electron chi connectivity index (χ0n) is 14.1. The molecule has 0 saturated heterocycles. The van der Waals surface area contributed by atoms with Gasteiger partial charge in [0.2, 0.25) is 0 Å². The predicted molar refractivity (Wildman–Crippen MR) is 81.9 cm³/mol. The summed E-state index contributed by atoms with van der Waals surface area (Å²) in [7, 11) is 3.41. The predicted octanol–water partition coefficient (Wildman–Crippen LogP) is 2.04. The van der Waals surface area contributed by atoms with Gasteiger partial charge in [-0.3, -0.25) is 4.57 Å². The van der Waals surface area contributed by atoms with Crippen LogP contribution in [0.5, 0.6) is 0 Å². The van der Waals surface area contributed by atoms with E-state index < -0.39 is 29.6 Å². The molecule has 136 valence electrons. The van der Waals surface area contributed by atoms with Gasteiger partial charge in [0, 0.05) is 18.3 Å². The highest BCUT2D eigenvalue weighted by atomic mass is 19.4. The third-order valence-electron chi connectivity index (χ3n) is 3.44. The van der Waals surface area contributed by atoms with Crippen LogP contribution >= 0.6 is 0 Å². The fourth-order valence-corrected chi connectivity index (χ4v) is 2.29. The van der Waals surface area contributed by atoms with Crippen molar-refractivity contribution in [3.63, 3.8) is 0 Å². The Bertz CT molecular complexity index is 639. The third kappa shape index (κ3) is 5.33. The number of halogens is 3. The third-order valence-corrected chi connectivity index (χ3v) is 3.44. The first kappa shape index (κ1) is 20.1. The van der Waals surface area contributed by atoms with Crippen LogP contribution < -0.4 is 5.69 Å². The Morgan fingerprint density at radius 3 is 2.38 bits per heavy atom. The standard InChI is InChI=1S/C15H22F3N3O3/c1-9(2)7-11(13(22)23)21-8-10(5-6-20(3)4)12(15(16,17)18)19-14(21)24/h8-9,11H,5-7H2,1-4H3,(H,22,23)/t11-/m0/s1. The normalized spacial score (nSPS) is 13.5. The Morgan fingerprint density at radius 2 is 1.96 bits per heavy atom. The highest BCUT2D eigenvalue weighted by Gasteiger charge is 2.37. The highest BCUT2D eigenvalue weighted by Crippen LogP contribution is 2.30. The summed E-state index contributed by atoms with van der Waals surface area (Å²) in [4.78, 5) is 28.2. The van der Waals surface area contributed by atoms with Gasteiger partial charge in [0.15, 0.2) is 5.69 Å². The molecule has 0 aromatic carbocycles. The van der Waals surface area contributed by atoms with E-state index in [1.54, 1.807) is 32.8 Å². The second-order valence-electron chi connectivity index (χ2n) is 6.34. The Hall–Kier alpha value is -1.90. The van der Waals surface area contributed by atoms with Gasteiger partial charge in [0.05, 0.1) is 0 Å². The number of likely N-dealkylation sites (N-methyl/N-ethyl adjacent to an activating group) is 1. The van der Waals surface area contributed by atoms with Crippen LogP contribution in [-0.4, -0.2) is 46.2 Å². The molecule has 1 heterocycles. The lowest BCUT2D eigenvalue weighted by Gasteiger charge is -2.20. The second kappa shape index (κ2) is 7.78. The van der Waals surface area contributed by atoms with E-state index in [-0.39, 0.29) is 24.3 Å². The van der Waals surface area contributed by atoms with Crippen molar-refractivity contribution >= 4 is 5.97 Å². The van der Waals surface area contributed by atoms with Gasteiger partial charge in [0.25, 0.3) is 0 Å². The molecule has 6 nitrogen and oxygen atoms in total. The minimum absolute atomic E-state index is 0.00312. The molecular formula is C15H22F3N3O3. The van der Waals surface area contributed by atoms with Crippen molar-refractivity contribution in [3.8, 4) is 0 Å². The van der Waals surface area contributed by atoms with Gasteiger partial charge in [-0.05, 0) is 32.9 Å². The molecule has 0 aliphatic carbocycles. The molecule has 0 unspecified atom stereocenters. The molecule has 0 amide bonds. The van der Waals surface area contributed by atoms with E-state index in [9.17, 15) is 27.9 Å².